The van der Waals surface area contributed by atoms with Crippen LogP contribution in [0, 0.1) is 11.7 Å². The maximum atomic E-state index is 14.4. The number of ether oxygens (including phenoxy) is 3. The quantitative estimate of drug-likeness (QED) is 0.813. The Bertz CT molecular complexity index is 623. The third kappa shape index (κ3) is 3.48. The summed E-state index contributed by atoms with van der Waals surface area (Å²) in [5.41, 5.74) is 0.654. The fourth-order valence-corrected chi connectivity index (χ4v) is 4.23. The summed E-state index contributed by atoms with van der Waals surface area (Å²) in [6.45, 7) is 5.19. The minimum atomic E-state index is -0.240. The Hall–Kier alpha value is -1.37. The molecule has 0 amide bonds. The molecule has 0 aromatic heterocycles. The fourth-order valence-electron chi connectivity index (χ4n) is 4.23. The maximum absolute atomic E-state index is 14.4. The molecule has 2 heterocycles. The van der Waals surface area contributed by atoms with Gasteiger partial charge in [0.25, 0.3) is 0 Å². The molecule has 0 bridgehead atoms. The van der Waals surface area contributed by atoms with E-state index < -0.39 is 0 Å². The summed E-state index contributed by atoms with van der Waals surface area (Å²) in [6.07, 6.45) is 2.69. The average molecular weight is 350 g/mol. The largest absolute Gasteiger partial charge is 0.493 e. The highest BCUT2D eigenvalue weighted by Crippen LogP contribution is 2.38. The van der Waals surface area contributed by atoms with Crippen molar-refractivity contribution in [3.63, 3.8) is 0 Å². The molecule has 6 heteroatoms. The number of hydrogen-bond donors (Lipinski definition) is 0. The van der Waals surface area contributed by atoms with Gasteiger partial charge in [-0.2, -0.15) is 0 Å². The van der Waals surface area contributed by atoms with Crippen molar-refractivity contribution < 1.29 is 18.6 Å². The van der Waals surface area contributed by atoms with Crippen LogP contribution in [0.5, 0.6) is 11.5 Å². The van der Waals surface area contributed by atoms with Crippen molar-refractivity contribution in [3.05, 3.63) is 23.5 Å². The van der Waals surface area contributed by atoms with Crippen molar-refractivity contribution in [1.29, 1.82) is 0 Å². The van der Waals surface area contributed by atoms with Gasteiger partial charge in [-0.25, -0.2) is 4.39 Å². The number of nitrogens with zero attached hydrogens (tertiary/aromatic N) is 2. The Morgan fingerprint density at radius 3 is 2.60 bits per heavy atom. The second-order valence-electron chi connectivity index (χ2n) is 7.37. The van der Waals surface area contributed by atoms with E-state index in [0.717, 1.165) is 38.8 Å². The molecular weight excluding hydrogens is 323 g/mol. The lowest BCUT2D eigenvalue weighted by Crippen LogP contribution is -2.62. The van der Waals surface area contributed by atoms with Crippen LogP contribution >= 0.6 is 0 Å². The Balaban J connectivity index is 1.44. The monoisotopic (exact) mass is 350 g/mol. The van der Waals surface area contributed by atoms with Gasteiger partial charge in [0.2, 0.25) is 0 Å². The van der Waals surface area contributed by atoms with Gasteiger partial charge in [0.15, 0.2) is 11.5 Å². The van der Waals surface area contributed by atoms with Gasteiger partial charge in [-0.1, -0.05) is 0 Å². The molecule has 1 aliphatic carbocycles. The molecule has 0 radical (unpaired) electrons. The zero-order valence-electron chi connectivity index (χ0n) is 15.0. The molecule has 25 heavy (non-hydrogen) atoms. The van der Waals surface area contributed by atoms with Crippen LogP contribution < -0.4 is 9.47 Å². The van der Waals surface area contributed by atoms with Crippen LogP contribution in [-0.2, 0) is 11.3 Å². The molecule has 3 aliphatic rings. The minimum absolute atomic E-state index is 0.240. The zero-order chi connectivity index (χ0) is 17.4. The van der Waals surface area contributed by atoms with Crippen LogP contribution in [0.1, 0.15) is 18.4 Å². The summed E-state index contributed by atoms with van der Waals surface area (Å²) in [7, 11) is 3.10. The van der Waals surface area contributed by atoms with Crippen molar-refractivity contribution in [2.75, 3.05) is 47.1 Å². The lowest BCUT2D eigenvalue weighted by molar-refractivity contribution is -0.0881. The summed E-state index contributed by atoms with van der Waals surface area (Å²) in [5.74, 6) is 1.60. The number of benzene rings is 1. The number of piperazine rings is 1. The molecule has 2 aliphatic heterocycles. The molecule has 1 saturated carbocycles. The summed E-state index contributed by atoms with van der Waals surface area (Å²) < 4.78 is 30.8. The minimum Gasteiger partial charge on any atom is -0.493 e. The van der Waals surface area contributed by atoms with Crippen molar-refractivity contribution >= 4 is 0 Å². The SMILES string of the molecule is COc1cc(F)c(CN2CCN3[C@@H](COC[C@@H]3C3CC3)C2)cc1OC. The van der Waals surface area contributed by atoms with E-state index in [1.54, 1.807) is 13.2 Å². The van der Waals surface area contributed by atoms with E-state index in [9.17, 15) is 4.39 Å². The molecule has 138 valence electrons. The predicted molar refractivity (Wildman–Crippen MR) is 92.6 cm³/mol. The maximum Gasteiger partial charge on any atom is 0.163 e. The van der Waals surface area contributed by atoms with Crippen molar-refractivity contribution in [2.24, 2.45) is 5.92 Å². The molecule has 0 N–H and O–H groups in total. The van der Waals surface area contributed by atoms with Gasteiger partial charge in [0.05, 0.1) is 27.4 Å². The molecule has 1 aromatic carbocycles. The van der Waals surface area contributed by atoms with E-state index in [4.69, 9.17) is 14.2 Å². The third-order valence-electron chi connectivity index (χ3n) is 5.75. The summed E-state index contributed by atoms with van der Waals surface area (Å²) in [6, 6.07) is 4.19. The third-order valence-corrected chi connectivity index (χ3v) is 5.75. The summed E-state index contributed by atoms with van der Waals surface area (Å²) in [4.78, 5) is 4.97. The van der Waals surface area contributed by atoms with Gasteiger partial charge in [0.1, 0.15) is 5.82 Å². The molecule has 2 atom stereocenters. The Labute approximate surface area is 148 Å². The second kappa shape index (κ2) is 7.09. The first-order chi connectivity index (χ1) is 12.2. The standard InChI is InChI=1S/C19H27FN2O3/c1-23-18-7-14(16(20)8-19(18)24-2)9-21-5-6-22-15(10-21)11-25-12-17(22)13-3-4-13/h7-8,13,15,17H,3-6,9-12H2,1-2H3/t15-,17-/m1/s1. The van der Waals surface area contributed by atoms with Crippen molar-refractivity contribution in [3.8, 4) is 11.5 Å². The Morgan fingerprint density at radius 1 is 1.12 bits per heavy atom. The second-order valence-corrected chi connectivity index (χ2v) is 7.37. The smallest absolute Gasteiger partial charge is 0.163 e. The number of halogens is 1. The molecule has 1 aromatic rings. The molecule has 3 fully saturated rings. The van der Waals surface area contributed by atoms with E-state index in [2.05, 4.69) is 9.80 Å². The van der Waals surface area contributed by atoms with E-state index in [0.29, 0.717) is 35.7 Å². The van der Waals surface area contributed by atoms with Gasteiger partial charge >= 0.3 is 0 Å². The highest BCUT2D eigenvalue weighted by Gasteiger charge is 2.42. The first-order valence-electron chi connectivity index (χ1n) is 9.16. The van der Waals surface area contributed by atoms with Crippen LogP contribution in [-0.4, -0.2) is 69.0 Å². The number of rotatable bonds is 5. The molecular formula is C19H27FN2O3. The molecule has 0 unspecified atom stereocenters. The van der Waals surface area contributed by atoms with Gasteiger partial charge < -0.3 is 14.2 Å². The van der Waals surface area contributed by atoms with Crippen LogP contribution in [0.25, 0.3) is 0 Å². The van der Waals surface area contributed by atoms with E-state index in [1.807, 2.05) is 0 Å². The molecule has 2 saturated heterocycles. The Morgan fingerprint density at radius 2 is 1.88 bits per heavy atom. The highest BCUT2D eigenvalue weighted by molar-refractivity contribution is 5.43. The predicted octanol–water partition coefficient (Wildman–Crippen LogP) is 2.14. The van der Waals surface area contributed by atoms with Crippen LogP contribution in [0.15, 0.2) is 12.1 Å². The molecule has 0 spiro atoms. The van der Waals surface area contributed by atoms with Gasteiger partial charge in [-0.3, -0.25) is 9.80 Å². The highest BCUT2D eigenvalue weighted by atomic mass is 19.1. The van der Waals surface area contributed by atoms with Gasteiger partial charge in [0, 0.05) is 49.9 Å². The summed E-state index contributed by atoms with van der Waals surface area (Å²) >= 11 is 0. The first-order valence-corrected chi connectivity index (χ1v) is 9.16. The van der Waals surface area contributed by atoms with E-state index >= 15 is 0 Å². The average Bonchev–Trinajstić information content (AvgIpc) is 3.47. The topological polar surface area (TPSA) is 34.2 Å². The van der Waals surface area contributed by atoms with Crippen LogP contribution in [0.2, 0.25) is 0 Å². The fraction of sp³-hybridized carbons (Fsp3) is 0.684. The van der Waals surface area contributed by atoms with Crippen molar-refractivity contribution in [2.45, 2.75) is 31.5 Å². The zero-order valence-corrected chi connectivity index (χ0v) is 15.0. The number of fused-ring (bicyclic) bond motifs is 1. The number of methoxy groups -OCH3 is 2. The lowest BCUT2D eigenvalue weighted by atomic mass is 10.0. The molecule has 4 rings (SSSR count). The summed E-state index contributed by atoms with van der Waals surface area (Å²) in [5, 5.41) is 0. The van der Waals surface area contributed by atoms with Gasteiger partial charge in [-0.05, 0) is 24.8 Å². The van der Waals surface area contributed by atoms with E-state index in [-0.39, 0.29) is 5.82 Å². The van der Waals surface area contributed by atoms with Crippen LogP contribution in [0.4, 0.5) is 4.39 Å². The van der Waals surface area contributed by atoms with Crippen molar-refractivity contribution in [1.82, 2.24) is 9.80 Å². The molecule has 5 nitrogen and oxygen atoms in total. The van der Waals surface area contributed by atoms with Crippen LogP contribution in [0.3, 0.4) is 0 Å². The first kappa shape index (κ1) is 17.1. The normalized spacial score (nSPS) is 27.8. The Kier molecular flexibility index (Phi) is 4.84. The number of hydrogen-bond acceptors (Lipinski definition) is 5. The van der Waals surface area contributed by atoms with Gasteiger partial charge in [-0.15, -0.1) is 0 Å². The van der Waals surface area contributed by atoms with E-state index in [1.165, 1.54) is 26.0 Å². The lowest BCUT2D eigenvalue weighted by Gasteiger charge is -2.48. The number of morpholine rings is 1.